The average Bonchev–Trinajstić information content (AvgIpc) is 3.32. The lowest BCUT2D eigenvalue weighted by Gasteiger charge is -2.30. The third-order valence-electron chi connectivity index (χ3n) is 6.13. The van der Waals surface area contributed by atoms with Crippen LogP contribution in [0.3, 0.4) is 0 Å². The highest BCUT2D eigenvalue weighted by Crippen LogP contribution is 2.19. The maximum absolute atomic E-state index is 12.8. The number of benzene rings is 2. The van der Waals surface area contributed by atoms with E-state index < -0.39 is 0 Å². The van der Waals surface area contributed by atoms with Crippen LogP contribution in [0, 0.1) is 0 Å². The molecule has 0 amide bonds. The number of aromatic amines is 1. The van der Waals surface area contributed by atoms with Crippen molar-refractivity contribution in [3.63, 3.8) is 0 Å². The molecule has 1 aliphatic rings. The van der Waals surface area contributed by atoms with Gasteiger partial charge in [-0.3, -0.25) is 4.79 Å². The molecule has 168 valence electrons. The van der Waals surface area contributed by atoms with E-state index in [2.05, 4.69) is 53.3 Å². The van der Waals surface area contributed by atoms with Crippen LogP contribution in [0.25, 0.3) is 10.9 Å². The van der Waals surface area contributed by atoms with Crippen molar-refractivity contribution in [3.05, 3.63) is 81.6 Å². The fourth-order valence-electron chi connectivity index (χ4n) is 4.20. The lowest BCUT2D eigenvalue weighted by Crippen LogP contribution is -2.44. The molecule has 32 heavy (non-hydrogen) atoms. The number of aryl methyl sites for hydroxylation is 1. The Bertz CT molecular complexity index is 1120. The fourth-order valence-corrected chi connectivity index (χ4v) is 4.52. The molecule has 0 spiro atoms. The van der Waals surface area contributed by atoms with Crippen molar-refractivity contribution in [1.29, 1.82) is 0 Å². The van der Waals surface area contributed by atoms with Crippen LogP contribution in [-0.4, -0.2) is 34.3 Å². The van der Waals surface area contributed by atoms with E-state index in [1.807, 2.05) is 30.3 Å². The van der Waals surface area contributed by atoms with Crippen LogP contribution in [0.1, 0.15) is 49.4 Å². The van der Waals surface area contributed by atoms with Gasteiger partial charge in [-0.05, 0) is 73.1 Å². The first-order valence-corrected chi connectivity index (χ1v) is 11.8. The van der Waals surface area contributed by atoms with Gasteiger partial charge in [0.25, 0.3) is 5.56 Å². The highest BCUT2D eigenvalue weighted by Gasteiger charge is 2.23. The van der Waals surface area contributed by atoms with E-state index in [1.165, 1.54) is 11.1 Å². The summed E-state index contributed by atoms with van der Waals surface area (Å²) in [4.78, 5) is 18.0. The second kappa shape index (κ2) is 10.3. The molecule has 0 radical (unpaired) electrons. The number of thiocarbonyl (C=S) groups is 1. The second-order valence-corrected chi connectivity index (χ2v) is 8.88. The summed E-state index contributed by atoms with van der Waals surface area (Å²) >= 11 is 5.81. The summed E-state index contributed by atoms with van der Waals surface area (Å²) in [5, 5.41) is 5.14. The zero-order valence-corrected chi connectivity index (χ0v) is 19.6. The molecule has 2 atom stereocenters. The van der Waals surface area contributed by atoms with Crippen LogP contribution in [0.4, 0.5) is 0 Å². The van der Waals surface area contributed by atoms with Gasteiger partial charge in [0.05, 0.1) is 18.7 Å². The summed E-state index contributed by atoms with van der Waals surface area (Å²) in [6.45, 7) is 6.13. The number of ether oxygens (including phenoxy) is 1. The van der Waals surface area contributed by atoms with Gasteiger partial charge in [-0.2, -0.15) is 0 Å². The number of aromatic nitrogens is 1. The van der Waals surface area contributed by atoms with E-state index in [1.54, 1.807) is 0 Å². The van der Waals surface area contributed by atoms with Gasteiger partial charge < -0.3 is 19.9 Å². The number of nitrogens with one attached hydrogen (secondary N) is 2. The summed E-state index contributed by atoms with van der Waals surface area (Å²) in [7, 11) is 0. The van der Waals surface area contributed by atoms with Crippen molar-refractivity contribution in [2.45, 2.75) is 51.8 Å². The topological polar surface area (TPSA) is 57.4 Å². The van der Waals surface area contributed by atoms with E-state index in [0.717, 1.165) is 36.8 Å². The Morgan fingerprint density at radius 1 is 1.25 bits per heavy atom. The van der Waals surface area contributed by atoms with Gasteiger partial charge in [-0.15, -0.1) is 0 Å². The standard InChI is InChI=1S/C26H31N3O2S/c1-3-19-11-12-24-21(14-19)15-22(25(30)28-24)16-29(17-23-10-7-13-31-23)26(32)27-18(2)20-8-5-4-6-9-20/h4-6,8-9,11-12,14-15,18,23H,3,7,10,13,16-17H2,1-2H3,(H,27,32)(H,28,30)/t18-,23+/m0/s1. The molecule has 0 saturated carbocycles. The predicted molar refractivity (Wildman–Crippen MR) is 134 cm³/mol. The van der Waals surface area contributed by atoms with Crippen molar-refractivity contribution in [2.24, 2.45) is 0 Å². The zero-order valence-electron chi connectivity index (χ0n) is 18.8. The molecule has 0 aliphatic carbocycles. The molecule has 0 unspecified atom stereocenters. The van der Waals surface area contributed by atoms with Gasteiger partial charge >= 0.3 is 0 Å². The Labute approximate surface area is 194 Å². The molecule has 2 aromatic carbocycles. The number of hydrogen-bond donors (Lipinski definition) is 2. The third kappa shape index (κ3) is 5.37. The summed E-state index contributed by atoms with van der Waals surface area (Å²) < 4.78 is 5.88. The molecule has 1 aromatic heterocycles. The van der Waals surface area contributed by atoms with Gasteiger partial charge in [0.15, 0.2) is 5.11 Å². The molecule has 3 aromatic rings. The van der Waals surface area contributed by atoms with E-state index in [9.17, 15) is 4.79 Å². The maximum Gasteiger partial charge on any atom is 0.253 e. The van der Waals surface area contributed by atoms with Crippen LogP contribution in [0.2, 0.25) is 0 Å². The Kier molecular flexibility index (Phi) is 7.22. The van der Waals surface area contributed by atoms with Crippen LogP contribution in [0.15, 0.2) is 59.4 Å². The average molecular weight is 450 g/mol. The van der Waals surface area contributed by atoms with Gasteiger partial charge in [0.1, 0.15) is 0 Å². The normalized spacial score (nSPS) is 16.8. The Balaban J connectivity index is 1.58. The zero-order chi connectivity index (χ0) is 22.5. The molecule has 1 saturated heterocycles. The van der Waals surface area contributed by atoms with E-state index >= 15 is 0 Å². The molecule has 1 fully saturated rings. The number of rotatable bonds is 7. The predicted octanol–water partition coefficient (Wildman–Crippen LogP) is 4.71. The van der Waals surface area contributed by atoms with Crippen LogP contribution >= 0.6 is 12.2 Å². The van der Waals surface area contributed by atoms with Gasteiger partial charge in [-0.25, -0.2) is 0 Å². The molecular formula is C26H31N3O2S. The number of hydrogen-bond acceptors (Lipinski definition) is 3. The molecule has 4 rings (SSSR count). The highest BCUT2D eigenvalue weighted by atomic mass is 32.1. The second-order valence-electron chi connectivity index (χ2n) is 8.50. The molecule has 2 N–H and O–H groups in total. The molecule has 5 nitrogen and oxygen atoms in total. The number of H-pyrrole nitrogens is 1. The molecule has 6 heteroatoms. The van der Waals surface area contributed by atoms with Crippen molar-refractivity contribution >= 4 is 28.2 Å². The molecular weight excluding hydrogens is 418 g/mol. The Morgan fingerprint density at radius 2 is 2.06 bits per heavy atom. The quantitative estimate of drug-likeness (QED) is 0.512. The van der Waals surface area contributed by atoms with Crippen molar-refractivity contribution in [3.8, 4) is 0 Å². The summed E-state index contributed by atoms with van der Waals surface area (Å²) in [6, 6.07) is 18.5. The fraction of sp³-hybridized carbons (Fsp3) is 0.385. The van der Waals surface area contributed by atoms with Crippen LogP contribution in [0.5, 0.6) is 0 Å². The van der Waals surface area contributed by atoms with E-state index in [-0.39, 0.29) is 17.7 Å². The van der Waals surface area contributed by atoms with E-state index in [4.69, 9.17) is 17.0 Å². The van der Waals surface area contributed by atoms with Crippen LogP contribution < -0.4 is 10.9 Å². The molecule has 1 aliphatic heterocycles. The first kappa shape index (κ1) is 22.5. The first-order valence-electron chi connectivity index (χ1n) is 11.4. The minimum atomic E-state index is -0.0713. The number of fused-ring (bicyclic) bond motifs is 1. The Hall–Kier alpha value is -2.70. The summed E-state index contributed by atoms with van der Waals surface area (Å²) in [5.74, 6) is 0. The lowest BCUT2D eigenvalue weighted by molar-refractivity contribution is 0.0895. The van der Waals surface area contributed by atoms with Gasteiger partial charge in [-0.1, -0.05) is 43.3 Å². The minimum Gasteiger partial charge on any atom is -0.376 e. The minimum absolute atomic E-state index is 0.0673. The molecule has 2 heterocycles. The highest BCUT2D eigenvalue weighted by molar-refractivity contribution is 7.80. The van der Waals surface area contributed by atoms with Crippen molar-refractivity contribution in [1.82, 2.24) is 15.2 Å². The summed E-state index contributed by atoms with van der Waals surface area (Å²) in [5.41, 5.74) is 3.92. The molecule has 0 bridgehead atoms. The monoisotopic (exact) mass is 449 g/mol. The Morgan fingerprint density at radius 3 is 2.78 bits per heavy atom. The largest absolute Gasteiger partial charge is 0.376 e. The van der Waals surface area contributed by atoms with Crippen molar-refractivity contribution in [2.75, 3.05) is 13.2 Å². The van der Waals surface area contributed by atoms with Gasteiger partial charge in [0, 0.05) is 24.2 Å². The SMILES string of the molecule is CCc1ccc2[nH]c(=O)c(CN(C[C@H]3CCCO3)C(=S)N[C@@H](C)c3ccccc3)cc2c1. The first-order chi connectivity index (χ1) is 15.5. The number of pyridine rings is 1. The number of nitrogens with zero attached hydrogens (tertiary/aromatic N) is 1. The maximum atomic E-state index is 12.8. The lowest BCUT2D eigenvalue weighted by atomic mass is 10.1. The third-order valence-corrected chi connectivity index (χ3v) is 6.51. The van der Waals surface area contributed by atoms with E-state index in [0.29, 0.717) is 23.8 Å². The van der Waals surface area contributed by atoms with Gasteiger partial charge in [0.2, 0.25) is 0 Å². The van der Waals surface area contributed by atoms with Crippen LogP contribution in [-0.2, 0) is 17.7 Å². The van der Waals surface area contributed by atoms with Crippen molar-refractivity contribution < 1.29 is 4.74 Å². The smallest absolute Gasteiger partial charge is 0.253 e. The summed E-state index contributed by atoms with van der Waals surface area (Å²) in [6.07, 6.45) is 3.17.